The maximum absolute atomic E-state index is 11.8. The molecule has 1 aromatic carbocycles. The fourth-order valence-electron chi connectivity index (χ4n) is 1.51. The first kappa shape index (κ1) is 17.0. The van der Waals surface area contributed by atoms with Gasteiger partial charge in [-0.3, -0.25) is 5.32 Å². The summed E-state index contributed by atoms with van der Waals surface area (Å²) in [6.45, 7) is 5.32. The number of rotatable bonds is 4. The number of nitriles is 1. The number of nitrogens with one attached hydrogen (secondary N) is 1. The summed E-state index contributed by atoms with van der Waals surface area (Å²) in [6.07, 6.45) is -0.594. The summed E-state index contributed by atoms with van der Waals surface area (Å²) in [6, 6.07) is 3.21. The highest BCUT2D eigenvalue weighted by molar-refractivity contribution is 8.03. The maximum Gasteiger partial charge on any atom is 0.412 e. The van der Waals surface area contributed by atoms with Gasteiger partial charge in [-0.15, -0.1) is 0 Å². The van der Waals surface area contributed by atoms with E-state index < -0.39 is 11.7 Å². The quantitative estimate of drug-likeness (QED) is 0.675. The molecule has 1 amide bonds. The summed E-state index contributed by atoms with van der Waals surface area (Å²) in [5.41, 5.74) is -0.191. The van der Waals surface area contributed by atoms with Gasteiger partial charge in [-0.25, -0.2) is 4.79 Å². The Morgan fingerprint density at radius 2 is 1.86 bits per heavy atom. The molecule has 0 fully saturated rings. The molecule has 0 radical (unpaired) electrons. The molecule has 21 heavy (non-hydrogen) atoms. The molecule has 0 aliphatic rings. The van der Waals surface area contributed by atoms with E-state index in [4.69, 9.17) is 19.5 Å². The van der Waals surface area contributed by atoms with Crippen molar-refractivity contribution in [1.82, 2.24) is 0 Å². The molecular weight excluding hydrogens is 292 g/mol. The van der Waals surface area contributed by atoms with E-state index in [0.717, 1.165) is 11.8 Å². The fourth-order valence-corrected chi connectivity index (χ4v) is 2.02. The van der Waals surface area contributed by atoms with Crippen molar-refractivity contribution in [3.63, 3.8) is 0 Å². The Kier molecular flexibility index (Phi) is 5.73. The van der Waals surface area contributed by atoms with Gasteiger partial charge in [0, 0.05) is 12.1 Å². The molecule has 7 heteroatoms. The number of methoxy groups -OCH3 is 2. The summed E-state index contributed by atoms with van der Waals surface area (Å²) in [7, 11) is 2.96. The van der Waals surface area contributed by atoms with Crippen molar-refractivity contribution in [1.29, 1.82) is 5.26 Å². The first-order chi connectivity index (χ1) is 9.80. The molecule has 114 valence electrons. The smallest absolute Gasteiger partial charge is 0.412 e. The van der Waals surface area contributed by atoms with Crippen LogP contribution in [0.5, 0.6) is 11.5 Å². The predicted molar refractivity (Wildman–Crippen MR) is 80.9 cm³/mol. The number of carbonyl (C=O) groups is 1. The largest absolute Gasteiger partial charge is 0.495 e. The first-order valence-electron chi connectivity index (χ1n) is 6.12. The van der Waals surface area contributed by atoms with Gasteiger partial charge in [0.2, 0.25) is 0 Å². The second-order valence-corrected chi connectivity index (χ2v) is 5.85. The molecule has 0 heterocycles. The highest BCUT2D eigenvalue weighted by Crippen LogP contribution is 2.38. The Labute approximate surface area is 128 Å². The zero-order valence-corrected chi connectivity index (χ0v) is 13.5. The van der Waals surface area contributed by atoms with Crippen LogP contribution in [-0.4, -0.2) is 25.9 Å². The lowest BCUT2D eigenvalue weighted by Crippen LogP contribution is -2.27. The molecule has 0 spiro atoms. The molecule has 1 rings (SSSR count). The number of hydrogen-bond acceptors (Lipinski definition) is 6. The minimum atomic E-state index is -0.599. The third kappa shape index (κ3) is 5.08. The van der Waals surface area contributed by atoms with Crippen LogP contribution in [0.3, 0.4) is 0 Å². The van der Waals surface area contributed by atoms with Crippen LogP contribution in [0, 0.1) is 10.7 Å². The van der Waals surface area contributed by atoms with Crippen LogP contribution in [0.4, 0.5) is 10.5 Å². The van der Waals surface area contributed by atoms with Crippen molar-refractivity contribution in [3.8, 4) is 16.9 Å². The molecule has 1 N–H and O–H groups in total. The molecule has 1 aromatic rings. The monoisotopic (exact) mass is 310 g/mol. The fraction of sp³-hybridized carbons (Fsp3) is 0.429. The van der Waals surface area contributed by atoms with Gasteiger partial charge in [-0.1, -0.05) is 0 Å². The second kappa shape index (κ2) is 7.09. The zero-order valence-electron chi connectivity index (χ0n) is 12.6. The van der Waals surface area contributed by atoms with Crippen LogP contribution >= 0.6 is 11.8 Å². The number of benzene rings is 1. The van der Waals surface area contributed by atoms with E-state index in [2.05, 4.69) is 5.32 Å². The molecule has 0 aromatic heterocycles. The van der Waals surface area contributed by atoms with Crippen molar-refractivity contribution in [2.24, 2.45) is 0 Å². The lowest BCUT2D eigenvalue weighted by molar-refractivity contribution is 0.0635. The molecule has 0 atom stereocenters. The molecular formula is C14H18N2O4S. The van der Waals surface area contributed by atoms with E-state index >= 15 is 0 Å². The van der Waals surface area contributed by atoms with Gasteiger partial charge < -0.3 is 14.2 Å². The van der Waals surface area contributed by atoms with E-state index in [9.17, 15) is 4.79 Å². The minimum absolute atomic E-state index is 0.408. The van der Waals surface area contributed by atoms with Crippen molar-refractivity contribution in [3.05, 3.63) is 12.1 Å². The summed E-state index contributed by atoms with van der Waals surface area (Å²) in [5.74, 6) is 0.882. The number of thiocyanates is 1. The molecule has 0 saturated heterocycles. The summed E-state index contributed by atoms with van der Waals surface area (Å²) in [5, 5.41) is 13.3. The average Bonchev–Trinajstić information content (AvgIpc) is 2.37. The molecule has 0 aliphatic heterocycles. The number of carbonyl (C=O) groups excluding carboxylic acids is 1. The van der Waals surface area contributed by atoms with Crippen LogP contribution in [0.2, 0.25) is 0 Å². The van der Waals surface area contributed by atoms with Gasteiger partial charge in [-0.2, -0.15) is 5.26 Å². The highest BCUT2D eigenvalue weighted by atomic mass is 32.2. The standard InChI is InChI=1S/C14H18N2O4S/c1-14(2,3)20-13(17)16-9-6-11(19-5)12(21-8-15)7-10(9)18-4/h6-7H,1-5H3,(H,16,17). The second-order valence-electron chi connectivity index (χ2n) is 5.02. The molecule has 0 saturated carbocycles. The van der Waals surface area contributed by atoms with Crippen molar-refractivity contribution >= 4 is 23.5 Å². The van der Waals surface area contributed by atoms with Crippen molar-refractivity contribution < 1.29 is 19.0 Å². The molecule has 0 unspecified atom stereocenters. The van der Waals surface area contributed by atoms with Crippen LogP contribution in [0.1, 0.15) is 20.8 Å². The summed E-state index contributed by atoms with van der Waals surface area (Å²) < 4.78 is 15.6. The molecule has 0 aliphatic carbocycles. The van der Waals surface area contributed by atoms with Crippen LogP contribution in [0.25, 0.3) is 0 Å². The highest BCUT2D eigenvalue weighted by Gasteiger charge is 2.19. The SMILES string of the molecule is COc1cc(SC#N)c(OC)cc1NC(=O)OC(C)(C)C. The van der Waals surface area contributed by atoms with Gasteiger partial charge in [0.1, 0.15) is 22.5 Å². The predicted octanol–water partition coefficient (Wildman–Crippen LogP) is 3.62. The number of thioether (sulfide) groups is 1. The number of hydrogen-bond donors (Lipinski definition) is 1. The van der Waals surface area contributed by atoms with Crippen molar-refractivity contribution in [2.75, 3.05) is 19.5 Å². The molecule has 0 bridgehead atoms. The Hall–Kier alpha value is -2.07. The Bertz CT molecular complexity index is 561. The average molecular weight is 310 g/mol. The number of amides is 1. The van der Waals surface area contributed by atoms with E-state index in [1.807, 2.05) is 5.40 Å². The van der Waals surface area contributed by atoms with Crippen LogP contribution < -0.4 is 14.8 Å². The Morgan fingerprint density at radius 3 is 2.33 bits per heavy atom. The van der Waals surface area contributed by atoms with E-state index in [0.29, 0.717) is 22.1 Å². The van der Waals surface area contributed by atoms with Gasteiger partial charge >= 0.3 is 6.09 Å². The summed E-state index contributed by atoms with van der Waals surface area (Å²) >= 11 is 0.950. The van der Waals surface area contributed by atoms with Crippen LogP contribution in [0.15, 0.2) is 17.0 Å². The van der Waals surface area contributed by atoms with Gasteiger partial charge in [0.25, 0.3) is 0 Å². The number of nitrogens with zero attached hydrogens (tertiary/aromatic N) is 1. The topological polar surface area (TPSA) is 80.6 Å². The normalized spacial score (nSPS) is 10.5. The Balaban J connectivity index is 3.06. The van der Waals surface area contributed by atoms with E-state index in [1.54, 1.807) is 32.9 Å². The number of anilines is 1. The van der Waals surface area contributed by atoms with Crippen LogP contribution in [-0.2, 0) is 4.74 Å². The van der Waals surface area contributed by atoms with Gasteiger partial charge in [-0.05, 0) is 32.5 Å². The third-order valence-corrected chi connectivity index (χ3v) is 2.91. The van der Waals surface area contributed by atoms with E-state index in [1.165, 1.54) is 14.2 Å². The third-order valence-electron chi connectivity index (χ3n) is 2.28. The first-order valence-corrected chi connectivity index (χ1v) is 6.94. The summed E-state index contributed by atoms with van der Waals surface area (Å²) in [4.78, 5) is 12.4. The Morgan fingerprint density at radius 1 is 1.24 bits per heavy atom. The minimum Gasteiger partial charge on any atom is -0.495 e. The van der Waals surface area contributed by atoms with E-state index in [-0.39, 0.29) is 0 Å². The van der Waals surface area contributed by atoms with Gasteiger partial charge in [0.15, 0.2) is 0 Å². The molecule has 6 nitrogen and oxygen atoms in total. The number of ether oxygens (including phenoxy) is 3. The zero-order chi connectivity index (χ0) is 16.0. The lowest BCUT2D eigenvalue weighted by Gasteiger charge is -2.20. The van der Waals surface area contributed by atoms with Gasteiger partial charge in [0.05, 0.1) is 24.8 Å². The lowest BCUT2D eigenvalue weighted by atomic mass is 10.2. The maximum atomic E-state index is 11.8. The van der Waals surface area contributed by atoms with Crippen molar-refractivity contribution in [2.45, 2.75) is 31.3 Å².